The van der Waals surface area contributed by atoms with E-state index in [1.165, 1.54) is 28.1 Å². The Hall–Kier alpha value is -2.50. The Morgan fingerprint density at radius 2 is 1.79 bits per heavy atom. The van der Waals surface area contributed by atoms with Crippen molar-refractivity contribution in [2.24, 2.45) is 0 Å². The number of halogens is 1. The van der Waals surface area contributed by atoms with Crippen molar-refractivity contribution < 1.29 is 9.18 Å². The molecule has 1 amide bonds. The van der Waals surface area contributed by atoms with E-state index in [1.54, 1.807) is 23.5 Å². The molecule has 1 atom stereocenters. The first-order valence-electron chi connectivity index (χ1n) is 10.1. The van der Waals surface area contributed by atoms with Crippen LogP contribution in [0.4, 0.5) is 4.39 Å². The van der Waals surface area contributed by atoms with Gasteiger partial charge in [-0.1, -0.05) is 48.9 Å². The fraction of sp³-hybridized carbons (Fsp3) is 0.292. The highest BCUT2D eigenvalue weighted by Crippen LogP contribution is 2.26. The summed E-state index contributed by atoms with van der Waals surface area (Å²) in [5, 5.41) is 5.12. The van der Waals surface area contributed by atoms with Gasteiger partial charge in [0, 0.05) is 18.0 Å². The number of hydrogen-bond acceptors (Lipinski definition) is 3. The highest BCUT2D eigenvalue weighted by Gasteiger charge is 2.28. The van der Waals surface area contributed by atoms with Crippen LogP contribution in [0.3, 0.4) is 0 Å². The molecule has 29 heavy (non-hydrogen) atoms. The summed E-state index contributed by atoms with van der Waals surface area (Å²) in [6.07, 6.45) is 3.07. The molecule has 0 spiro atoms. The van der Waals surface area contributed by atoms with Crippen molar-refractivity contribution in [1.29, 1.82) is 0 Å². The topological polar surface area (TPSA) is 32.3 Å². The lowest BCUT2D eigenvalue weighted by Gasteiger charge is -2.34. The molecule has 0 saturated carbocycles. The van der Waals surface area contributed by atoms with Crippen LogP contribution in [0.15, 0.2) is 66.0 Å². The number of likely N-dealkylation sites (tertiary alicyclic amines) is 1. The Balaban J connectivity index is 1.37. The Morgan fingerprint density at radius 3 is 2.52 bits per heavy atom. The lowest BCUT2D eigenvalue weighted by atomic mass is 10.00. The van der Waals surface area contributed by atoms with Crippen LogP contribution in [0.2, 0.25) is 0 Å². The molecule has 3 aromatic rings. The Kier molecular flexibility index (Phi) is 6.37. The van der Waals surface area contributed by atoms with Crippen LogP contribution in [0.1, 0.15) is 30.4 Å². The van der Waals surface area contributed by atoms with E-state index in [-0.39, 0.29) is 17.8 Å². The van der Waals surface area contributed by atoms with Gasteiger partial charge in [0.25, 0.3) is 0 Å². The second kappa shape index (κ2) is 9.33. The number of hydrogen-bond donors (Lipinski definition) is 1. The third kappa shape index (κ3) is 5.11. The predicted molar refractivity (Wildman–Crippen MR) is 116 cm³/mol. The summed E-state index contributed by atoms with van der Waals surface area (Å²) >= 11 is 1.74. The van der Waals surface area contributed by atoms with Crippen molar-refractivity contribution in [3.8, 4) is 10.4 Å². The molecule has 2 heterocycles. The van der Waals surface area contributed by atoms with Crippen LogP contribution in [-0.4, -0.2) is 23.4 Å². The summed E-state index contributed by atoms with van der Waals surface area (Å²) in [4.78, 5) is 16.4. The van der Waals surface area contributed by atoms with Gasteiger partial charge in [0.2, 0.25) is 5.91 Å². The fourth-order valence-corrected chi connectivity index (χ4v) is 4.57. The molecule has 1 aromatic heterocycles. The summed E-state index contributed by atoms with van der Waals surface area (Å²) in [6.45, 7) is 2.14. The van der Waals surface area contributed by atoms with Crippen molar-refractivity contribution in [2.45, 2.75) is 38.4 Å². The molecule has 5 heteroatoms. The van der Waals surface area contributed by atoms with Gasteiger partial charge in [-0.2, -0.15) is 0 Å². The van der Waals surface area contributed by atoms with Crippen molar-refractivity contribution in [1.82, 2.24) is 10.2 Å². The van der Waals surface area contributed by atoms with Crippen LogP contribution in [0.25, 0.3) is 10.4 Å². The minimum Gasteiger partial charge on any atom is -0.351 e. The molecular weight excluding hydrogens is 383 g/mol. The third-order valence-electron chi connectivity index (χ3n) is 5.44. The maximum atomic E-state index is 13.0. The Bertz CT molecular complexity index is 923. The van der Waals surface area contributed by atoms with E-state index in [4.69, 9.17) is 0 Å². The molecule has 1 aliphatic rings. The number of piperidine rings is 1. The lowest BCUT2D eigenvalue weighted by molar-refractivity contribution is -0.128. The van der Waals surface area contributed by atoms with Crippen LogP contribution >= 0.6 is 11.3 Å². The molecular formula is C24H25FN2OS. The van der Waals surface area contributed by atoms with E-state index in [1.807, 2.05) is 0 Å². The number of nitrogens with one attached hydrogen (secondary N) is 1. The van der Waals surface area contributed by atoms with Crippen LogP contribution < -0.4 is 5.32 Å². The normalized spacial score (nSPS) is 17.2. The second-order valence-corrected chi connectivity index (χ2v) is 8.45. The summed E-state index contributed by atoms with van der Waals surface area (Å²) in [7, 11) is 0. The number of rotatable bonds is 6. The number of carbonyl (C=O) groups excluding carboxylic acids is 1. The zero-order valence-electron chi connectivity index (χ0n) is 16.3. The van der Waals surface area contributed by atoms with Crippen molar-refractivity contribution in [3.05, 3.63) is 83.0 Å². The average molecular weight is 409 g/mol. The van der Waals surface area contributed by atoms with Gasteiger partial charge in [-0.3, -0.25) is 9.69 Å². The van der Waals surface area contributed by atoms with Gasteiger partial charge < -0.3 is 5.32 Å². The van der Waals surface area contributed by atoms with Gasteiger partial charge in [-0.25, -0.2) is 4.39 Å². The van der Waals surface area contributed by atoms with Crippen LogP contribution in [0, 0.1) is 5.82 Å². The molecule has 2 aromatic carbocycles. The Labute approximate surface area is 175 Å². The predicted octanol–water partition coefficient (Wildman–Crippen LogP) is 5.23. The molecule has 1 saturated heterocycles. The molecule has 1 fully saturated rings. The smallest absolute Gasteiger partial charge is 0.237 e. The summed E-state index contributed by atoms with van der Waals surface area (Å²) in [5.41, 5.74) is 3.37. The molecule has 1 unspecified atom stereocenters. The SMILES string of the molecule is O=C(NCc1ccc(F)cc1)C1CCCCN1Cc1ccc(-c2cccs2)cc1. The number of carbonyl (C=O) groups is 1. The first kappa shape index (κ1) is 19.8. The van der Waals surface area contributed by atoms with E-state index in [0.717, 1.165) is 37.9 Å². The molecule has 4 rings (SSSR count). The number of nitrogens with zero attached hydrogens (tertiary/aromatic N) is 1. The number of benzene rings is 2. The maximum absolute atomic E-state index is 13.0. The van der Waals surface area contributed by atoms with E-state index < -0.39 is 0 Å². The quantitative estimate of drug-likeness (QED) is 0.606. The summed E-state index contributed by atoms with van der Waals surface area (Å²) < 4.78 is 13.0. The van der Waals surface area contributed by atoms with E-state index in [9.17, 15) is 9.18 Å². The van der Waals surface area contributed by atoms with E-state index in [0.29, 0.717) is 6.54 Å². The number of amides is 1. The molecule has 150 valence electrons. The van der Waals surface area contributed by atoms with E-state index >= 15 is 0 Å². The molecule has 1 aliphatic heterocycles. The highest BCUT2D eigenvalue weighted by atomic mass is 32.1. The maximum Gasteiger partial charge on any atom is 0.237 e. The fourth-order valence-electron chi connectivity index (χ4n) is 3.84. The summed E-state index contributed by atoms with van der Waals surface area (Å²) in [6, 6.07) is 19.0. The largest absolute Gasteiger partial charge is 0.351 e. The minimum atomic E-state index is -0.261. The van der Waals surface area contributed by atoms with Crippen molar-refractivity contribution >= 4 is 17.2 Å². The molecule has 1 N–H and O–H groups in total. The number of thiophene rings is 1. The minimum absolute atomic E-state index is 0.0595. The standard InChI is InChI=1S/C24H25FN2OS/c25-21-12-8-18(9-13-21)16-26-24(28)22-4-1-2-14-27(22)17-19-6-10-20(11-7-19)23-5-3-15-29-23/h3,5-13,15,22H,1-2,4,14,16-17H2,(H,26,28). The zero-order chi connectivity index (χ0) is 20.1. The first-order chi connectivity index (χ1) is 14.2. The third-order valence-corrected chi connectivity index (χ3v) is 6.36. The van der Waals surface area contributed by atoms with Gasteiger partial charge in [0.15, 0.2) is 0 Å². The van der Waals surface area contributed by atoms with Crippen LogP contribution in [-0.2, 0) is 17.9 Å². The zero-order valence-corrected chi connectivity index (χ0v) is 17.1. The molecule has 0 radical (unpaired) electrons. The van der Waals surface area contributed by atoms with Crippen molar-refractivity contribution in [3.63, 3.8) is 0 Å². The van der Waals surface area contributed by atoms with Gasteiger partial charge in [0.05, 0.1) is 6.04 Å². The van der Waals surface area contributed by atoms with Gasteiger partial charge in [0.1, 0.15) is 5.82 Å². The van der Waals surface area contributed by atoms with Gasteiger partial charge >= 0.3 is 0 Å². The van der Waals surface area contributed by atoms with Gasteiger partial charge in [-0.15, -0.1) is 11.3 Å². The molecule has 0 bridgehead atoms. The molecule has 3 nitrogen and oxygen atoms in total. The highest BCUT2D eigenvalue weighted by molar-refractivity contribution is 7.13. The second-order valence-electron chi connectivity index (χ2n) is 7.50. The Morgan fingerprint density at radius 1 is 1.03 bits per heavy atom. The first-order valence-corrected chi connectivity index (χ1v) is 11.0. The average Bonchev–Trinajstić information content (AvgIpc) is 3.29. The van der Waals surface area contributed by atoms with Gasteiger partial charge in [-0.05, 0) is 59.7 Å². The monoisotopic (exact) mass is 408 g/mol. The lowest BCUT2D eigenvalue weighted by Crippen LogP contribution is -2.48. The van der Waals surface area contributed by atoms with Crippen molar-refractivity contribution in [2.75, 3.05) is 6.54 Å². The van der Waals surface area contributed by atoms with Crippen LogP contribution in [0.5, 0.6) is 0 Å². The molecule has 0 aliphatic carbocycles. The summed E-state index contributed by atoms with van der Waals surface area (Å²) in [5.74, 6) is -0.201. The van der Waals surface area contributed by atoms with E-state index in [2.05, 4.69) is 52.0 Å².